The fourth-order valence-corrected chi connectivity index (χ4v) is 1.60. The van der Waals surface area contributed by atoms with Crippen LogP contribution >= 0.6 is 28.6 Å². The molecule has 1 heterocycles. The summed E-state index contributed by atoms with van der Waals surface area (Å²) in [6, 6.07) is 0. The van der Waals surface area contributed by atoms with E-state index in [-0.39, 0.29) is 11.0 Å². The van der Waals surface area contributed by atoms with Crippen LogP contribution in [0, 0.1) is 12.3 Å². The third-order valence-electron chi connectivity index (χ3n) is 2.18. The highest BCUT2D eigenvalue weighted by Gasteiger charge is 2.18. The molecule has 0 spiro atoms. The number of nitrogens with zero attached hydrogens (tertiary/aromatic N) is 2. The molecule has 1 aromatic heterocycles. The molecule has 0 saturated heterocycles. The number of thiol groups is 1. The average molecular weight is 291 g/mol. The lowest BCUT2D eigenvalue weighted by Gasteiger charge is -2.22. The van der Waals surface area contributed by atoms with Crippen molar-refractivity contribution in [2.24, 2.45) is 5.41 Å². The van der Waals surface area contributed by atoms with E-state index in [0.29, 0.717) is 11.0 Å². The molecule has 1 aromatic rings. The van der Waals surface area contributed by atoms with Crippen LogP contribution in [0.1, 0.15) is 19.5 Å². The fraction of sp³-hybridized carbons (Fsp3) is 0.600. The maximum absolute atomic E-state index is 11.8. The first-order valence-corrected chi connectivity index (χ1v) is 6.12. The first-order valence-electron chi connectivity index (χ1n) is 4.70. The summed E-state index contributed by atoms with van der Waals surface area (Å²) >= 11 is 7.51. The van der Waals surface area contributed by atoms with E-state index in [9.17, 15) is 4.79 Å². The van der Waals surface area contributed by atoms with E-state index < -0.39 is 0 Å². The molecule has 0 aromatic carbocycles. The average Bonchev–Trinajstić information content (AvgIpc) is 2.19. The molecule has 0 fully saturated rings. The first kappa shape index (κ1) is 12.8. The standard InChI is InChI=1S/C10H15BrN2OS/c1-7-8(11)9(14)13(6-12-7)4-10(2,3)5-15/h6,15H,4-5H2,1-3H3. The van der Waals surface area contributed by atoms with Crippen LogP contribution in [-0.2, 0) is 6.54 Å². The van der Waals surface area contributed by atoms with Crippen molar-refractivity contribution in [3.63, 3.8) is 0 Å². The van der Waals surface area contributed by atoms with Crippen molar-refractivity contribution in [1.29, 1.82) is 0 Å². The third kappa shape index (κ3) is 3.08. The van der Waals surface area contributed by atoms with Crippen molar-refractivity contribution in [3.8, 4) is 0 Å². The predicted molar refractivity (Wildman–Crippen MR) is 68.6 cm³/mol. The summed E-state index contributed by atoms with van der Waals surface area (Å²) in [6.45, 7) is 6.57. The highest BCUT2D eigenvalue weighted by Crippen LogP contribution is 2.19. The molecular weight excluding hydrogens is 276 g/mol. The number of aromatic nitrogens is 2. The zero-order valence-electron chi connectivity index (χ0n) is 9.12. The molecule has 0 unspecified atom stereocenters. The van der Waals surface area contributed by atoms with Gasteiger partial charge in [-0.05, 0) is 34.0 Å². The molecule has 0 bridgehead atoms. The van der Waals surface area contributed by atoms with Crippen molar-refractivity contribution in [3.05, 3.63) is 26.8 Å². The largest absolute Gasteiger partial charge is 0.298 e. The van der Waals surface area contributed by atoms with Gasteiger partial charge in [0, 0.05) is 6.54 Å². The summed E-state index contributed by atoms with van der Waals surface area (Å²) in [5, 5.41) is 0. The maximum Gasteiger partial charge on any atom is 0.267 e. The van der Waals surface area contributed by atoms with Gasteiger partial charge in [0.05, 0.1) is 12.0 Å². The van der Waals surface area contributed by atoms with E-state index >= 15 is 0 Å². The number of halogens is 1. The van der Waals surface area contributed by atoms with Gasteiger partial charge < -0.3 is 0 Å². The van der Waals surface area contributed by atoms with Gasteiger partial charge in [-0.2, -0.15) is 12.6 Å². The molecule has 0 amide bonds. The lowest BCUT2D eigenvalue weighted by molar-refractivity contribution is 0.344. The topological polar surface area (TPSA) is 34.9 Å². The molecule has 1 rings (SSSR count). The van der Waals surface area contributed by atoms with Gasteiger partial charge in [0.15, 0.2) is 0 Å². The molecule has 0 atom stereocenters. The number of aryl methyl sites for hydroxylation is 1. The summed E-state index contributed by atoms with van der Waals surface area (Å²) in [5.74, 6) is 0.727. The molecule has 5 heteroatoms. The minimum atomic E-state index is -0.0302. The Hall–Kier alpha value is -0.290. The van der Waals surface area contributed by atoms with Gasteiger partial charge in [0.2, 0.25) is 0 Å². The van der Waals surface area contributed by atoms with Gasteiger partial charge in [0.1, 0.15) is 4.47 Å². The first-order chi connectivity index (χ1) is 6.87. The predicted octanol–water partition coefficient (Wildman–Crippen LogP) is 2.27. The molecule has 0 aliphatic heterocycles. The van der Waals surface area contributed by atoms with Gasteiger partial charge in [-0.25, -0.2) is 4.98 Å². The minimum Gasteiger partial charge on any atom is -0.298 e. The Morgan fingerprint density at radius 2 is 2.20 bits per heavy atom. The molecule has 15 heavy (non-hydrogen) atoms. The maximum atomic E-state index is 11.8. The Balaban J connectivity index is 3.08. The fourth-order valence-electron chi connectivity index (χ4n) is 1.17. The normalized spacial score (nSPS) is 11.8. The lowest BCUT2D eigenvalue weighted by atomic mass is 9.96. The van der Waals surface area contributed by atoms with E-state index in [1.807, 2.05) is 0 Å². The van der Waals surface area contributed by atoms with Gasteiger partial charge in [-0.1, -0.05) is 13.8 Å². The quantitative estimate of drug-likeness (QED) is 0.867. The van der Waals surface area contributed by atoms with Gasteiger partial charge in [-0.3, -0.25) is 9.36 Å². The third-order valence-corrected chi connectivity index (χ3v) is 3.95. The van der Waals surface area contributed by atoms with Crippen LogP contribution in [0.4, 0.5) is 0 Å². The van der Waals surface area contributed by atoms with Crippen molar-refractivity contribution >= 4 is 28.6 Å². The Morgan fingerprint density at radius 1 is 1.60 bits per heavy atom. The second kappa shape index (κ2) is 4.70. The summed E-state index contributed by atoms with van der Waals surface area (Å²) in [7, 11) is 0. The zero-order valence-corrected chi connectivity index (χ0v) is 11.6. The Morgan fingerprint density at radius 3 is 2.73 bits per heavy atom. The van der Waals surface area contributed by atoms with E-state index in [4.69, 9.17) is 0 Å². The van der Waals surface area contributed by atoms with Gasteiger partial charge in [0.25, 0.3) is 5.56 Å². The number of rotatable bonds is 3. The van der Waals surface area contributed by atoms with E-state index in [1.54, 1.807) is 17.8 Å². The molecule has 0 radical (unpaired) electrons. The van der Waals surface area contributed by atoms with Crippen LogP contribution in [-0.4, -0.2) is 15.3 Å². The van der Waals surface area contributed by atoms with Crippen LogP contribution in [0.2, 0.25) is 0 Å². The monoisotopic (exact) mass is 290 g/mol. The summed E-state index contributed by atoms with van der Waals surface area (Å²) in [4.78, 5) is 16.0. The zero-order chi connectivity index (χ0) is 11.6. The molecular formula is C10H15BrN2OS. The molecule has 0 N–H and O–H groups in total. The Kier molecular flexibility index (Phi) is 4.00. The summed E-state index contributed by atoms with van der Waals surface area (Å²) < 4.78 is 2.16. The van der Waals surface area contributed by atoms with Crippen LogP contribution in [0.25, 0.3) is 0 Å². The molecule has 0 aliphatic rings. The molecule has 0 aliphatic carbocycles. The second-order valence-electron chi connectivity index (χ2n) is 4.40. The van der Waals surface area contributed by atoms with E-state index in [1.165, 1.54) is 0 Å². The molecule has 3 nitrogen and oxygen atoms in total. The molecule has 0 saturated carbocycles. The second-order valence-corrected chi connectivity index (χ2v) is 5.51. The Bertz CT molecular complexity index is 414. The van der Waals surface area contributed by atoms with E-state index in [0.717, 1.165) is 11.4 Å². The highest BCUT2D eigenvalue weighted by molar-refractivity contribution is 9.10. The van der Waals surface area contributed by atoms with Crippen molar-refractivity contribution in [1.82, 2.24) is 9.55 Å². The lowest BCUT2D eigenvalue weighted by Crippen LogP contribution is -2.30. The van der Waals surface area contributed by atoms with Crippen LogP contribution < -0.4 is 5.56 Å². The minimum absolute atomic E-state index is 0.0106. The molecule has 84 valence electrons. The van der Waals surface area contributed by atoms with Crippen molar-refractivity contribution in [2.75, 3.05) is 5.75 Å². The van der Waals surface area contributed by atoms with Crippen LogP contribution in [0.15, 0.2) is 15.6 Å². The summed E-state index contributed by atoms with van der Waals surface area (Å²) in [5.41, 5.74) is 0.681. The SMILES string of the molecule is Cc1ncn(CC(C)(C)CS)c(=O)c1Br. The van der Waals surface area contributed by atoms with E-state index in [2.05, 4.69) is 47.4 Å². The van der Waals surface area contributed by atoms with Crippen LogP contribution in [0.3, 0.4) is 0 Å². The van der Waals surface area contributed by atoms with Crippen molar-refractivity contribution in [2.45, 2.75) is 27.3 Å². The summed E-state index contributed by atoms with van der Waals surface area (Å²) in [6.07, 6.45) is 1.59. The number of hydrogen-bond donors (Lipinski definition) is 1. The highest BCUT2D eigenvalue weighted by atomic mass is 79.9. The Labute approximate surface area is 103 Å². The van der Waals surface area contributed by atoms with Gasteiger partial charge in [-0.15, -0.1) is 0 Å². The smallest absolute Gasteiger partial charge is 0.267 e. The van der Waals surface area contributed by atoms with Crippen molar-refractivity contribution < 1.29 is 0 Å². The van der Waals surface area contributed by atoms with Crippen LogP contribution in [0.5, 0.6) is 0 Å². The number of hydrogen-bond acceptors (Lipinski definition) is 3. The van der Waals surface area contributed by atoms with Gasteiger partial charge >= 0.3 is 0 Å².